The van der Waals surface area contributed by atoms with Gasteiger partial charge in [0.05, 0.1) is 0 Å². The van der Waals surface area contributed by atoms with Gasteiger partial charge in [0, 0.05) is 18.2 Å². The summed E-state index contributed by atoms with van der Waals surface area (Å²) in [6.45, 7) is 6.55. The summed E-state index contributed by atoms with van der Waals surface area (Å²) in [7, 11) is 0. The first-order valence-electron chi connectivity index (χ1n) is 8.32. The van der Waals surface area contributed by atoms with Crippen LogP contribution < -0.4 is 5.32 Å². The molecule has 2 amide bonds. The Hall–Kier alpha value is -1.49. The van der Waals surface area contributed by atoms with Crippen molar-refractivity contribution in [3.05, 3.63) is 35.9 Å². The number of carbonyl (C=O) groups excluding carboxylic acids is 2. The first kappa shape index (κ1) is 17.9. The molecule has 1 N–H and O–H groups in total. The Bertz CT molecular complexity index is 533. The predicted molar refractivity (Wildman–Crippen MR) is 95.0 cm³/mol. The van der Waals surface area contributed by atoms with Gasteiger partial charge in [-0.25, -0.2) is 0 Å². The summed E-state index contributed by atoms with van der Waals surface area (Å²) in [6, 6.07) is 9.58. The molecule has 126 valence electrons. The lowest BCUT2D eigenvalue weighted by Crippen LogP contribution is -2.49. The van der Waals surface area contributed by atoms with E-state index in [2.05, 4.69) is 12.2 Å². The quantitative estimate of drug-likeness (QED) is 0.813. The molecule has 1 aromatic rings. The monoisotopic (exact) mass is 334 g/mol. The van der Waals surface area contributed by atoms with Crippen molar-refractivity contribution in [2.45, 2.75) is 45.0 Å². The minimum absolute atomic E-state index is 0.0293. The lowest BCUT2D eigenvalue weighted by Gasteiger charge is -2.30. The van der Waals surface area contributed by atoms with Gasteiger partial charge in [0.25, 0.3) is 0 Å². The standard InChI is InChI=1S/C18H26N2O2S/c1-4-5-11-19-16(21)15-12-23-18(14-9-7-6-8-10-14)20(15)17(22)13(2)3/h6-10,13,15,18H,4-5,11-12H2,1-3H3,(H,19,21)/t15-,18-/m1/s1. The lowest BCUT2D eigenvalue weighted by molar-refractivity contribution is -0.142. The number of hydrogen-bond donors (Lipinski definition) is 1. The van der Waals surface area contributed by atoms with Crippen LogP contribution in [-0.4, -0.2) is 35.1 Å². The lowest BCUT2D eigenvalue weighted by atomic mass is 10.1. The molecule has 1 fully saturated rings. The average molecular weight is 334 g/mol. The van der Waals surface area contributed by atoms with E-state index in [1.165, 1.54) is 0 Å². The van der Waals surface area contributed by atoms with Gasteiger partial charge in [-0.1, -0.05) is 57.5 Å². The number of rotatable bonds is 6. The van der Waals surface area contributed by atoms with Crippen LogP contribution in [0.1, 0.15) is 44.6 Å². The fourth-order valence-corrected chi connectivity index (χ4v) is 4.09. The highest BCUT2D eigenvalue weighted by atomic mass is 32.2. The van der Waals surface area contributed by atoms with Crippen LogP contribution in [0.25, 0.3) is 0 Å². The number of hydrogen-bond acceptors (Lipinski definition) is 3. The molecule has 4 nitrogen and oxygen atoms in total. The molecule has 0 bridgehead atoms. The van der Waals surface area contributed by atoms with Crippen LogP contribution >= 0.6 is 11.8 Å². The van der Waals surface area contributed by atoms with Crippen LogP contribution in [0.4, 0.5) is 0 Å². The van der Waals surface area contributed by atoms with Crippen molar-refractivity contribution in [2.24, 2.45) is 5.92 Å². The molecule has 0 radical (unpaired) electrons. The SMILES string of the molecule is CCCCNC(=O)[C@H]1CS[C@H](c2ccccc2)N1C(=O)C(C)C. The van der Waals surface area contributed by atoms with Crippen molar-refractivity contribution in [1.29, 1.82) is 0 Å². The van der Waals surface area contributed by atoms with E-state index >= 15 is 0 Å². The third-order valence-electron chi connectivity index (χ3n) is 3.97. The highest BCUT2D eigenvalue weighted by Crippen LogP contribution is 2.42. The predicted octanol–water partition coefficient (Wildman–Crippen LogP) is 3.20. The molecule has 1 aromatic carbocycles. The zero-order valence-electron chi connectivity index (χ0n) is 14.1. The number of thioether (sulfide) groups is 1. The Morgan fingerprint density at radius 1 is 1.30 bits per heavy atom. The second-order valence-corrected chi connectivity index (χ2v) is 7.27. The molecule has 2 atom stereocenters. The number of nitrogens with zero attached hydrogens (tertiary/aromatic N) is 1. The molecule has 1 aliphatic rings. The first-order valence-corrected chi connectivity index (χ1v) is 9.37. The van der Waals surface area contributed by atoms with Crippen molar-refractivity contribution >= 4 is 23.6 Å². The maximum atomic E-state index is 12.7. The van der Waals surface area contributed by atoms with Crippen LogP contribution in [0.2, 0.25) is 0 Å². The molecule has 5 heteroatoms. The number of benzene rings is 1. The largest absolute Gasteiger partial charge is 0.354 e. The van der Waals surface area contributed by atoms with E-state index in [0.29, 0.717) is 12.3 Å². The Morgan fingerprint density at radius 3 is 2.61 bits per heavy atom. The van der Waals surface area contributed by atoms with E-state index in [-0.39, 0.29) is 29.1 Å². The molecular weight excluding hydrogens is 308 g/mol. The fourth-order valence-electron chi connectivity index (χ4n) is 2.66. The second kappa shape index (κ2) is 8.39. The minimum Gasteiger partial charge on any atom is -0.354 e. The van der Waals surface area contributed by atoms with Gasteiger partial charge >= 0.3 is 0 Å². The van der Waals surface area contributed by atoms with Crippen LogP contribution in [0, 0.1) is 5.92 Å². The van der Waals surface area contributed by atoms with Crippen molar-refractivity contribution in [1.82, 2.24) is 10.2 Å². The maximum Gasteiger partial charge on any atom is 0.243 e. The summed E-state index contributed by atoms with van der Waals surface area (Å²) in [6.07, 6.45) is 2.01. The second-order valence-electron chi connectivity index (χ2n) is 6.16. The van der Waals surface area contributed by atoms with E-state index < -0.39 is 0 Å². The first-order chi connectivity index (χ1) is 11.1. The Labute approximate surface area is 143 Å². The van der Waals surface area contributed by atoms with Crippen molar-refractivity contribution < 1.29 is 9.59 Å². The number of amides is 2. The Kier molecular flexibility index (Phi) is 6.51. The third-order valence-corrected chi connectivity index (χ3v) is 5.29. The molecule has 1 heterocycles. The molecule has 0 spiro atoms. The van der Waals surface area contributed by atoms with Gasteiger partial charge in [0.15, 0.2) is 0 Å². The molecule has 0 aliphatic carbocycles. The summed E-state index contributed by atoms with van der Waals surface area (Å²) in [4.78, 5) is 27.0. The molecule has 0 aromatic heterocycles. The van der Waals surface area contributed by atoms with E-state index in [1.807, 2.05) is 44.2 Å². The van der Waals surface area contributed by atoms with Gasteiger partial charge in [0.1, 0.15) is 11.4 Å². The summed E-state index contributed by atoms with van der Waals surface area (Å²) >= 11 is 1.67. The minimum atomic E-state index is -0.378. The van der Waals surface area contributed by atoms with Gasteiger partial charge in [-0.2, -0.15) is 0 Å². The van der Waals surface area contributed by atoms with Gasteiger partial charge in [-0.05, 0) is 12.0 Å². The number of unbranched alkanes of at least 4 members (excludes halogenated alkanes) is 1. The average Bonchev–Trinajstić information content (AvgIpc) is 2.99. The van der Waals surface area contributed by atoms with E-state index in [0.717, 1.165) is 18.4 Å². The van der Waals surface area contributed by atoms with Gasteiger partial charge < -0.3 is 10.2 Å². The summed E-state index contributed by atoms with van der Waals surface area (Å²) < 4.78 is 0. The maximum absolute atomic E-state index is 12.7. The molecule has 0 saturated carbocycles. The fraction of sp³-hybridized carbons (Fsp3) is 0.556. The molecule has 1 saturated heterocycles. The van der Waals surface area contributed by atoms with E-state index in [1.54, 1.807) is 16.7 Å². The molecular formula is C18H26N2O2S. The Balaban J connectivity index is 2.19. The van der Waals surface area contributed by atoms with E-state index in [4.69, 9.17) is 0 Å². The number of carbonyl (C=O) groups is 2. The smallest absolute Gasteiger partial charge is 0.243 e. The summed E-state index contributed by atoms with van der Waals surface area (Å²) in [5, 5.41) is 2.90. The summed E-state index contributed by atoms with van der Waals surface area (Å²) in [5.74, 6) is 0.541. The summed E-state index contributed by atoms with van der Waals surface area (Å²) in [5.41, 5.74) is 1.08. The zero-order valence-corrected chi connectivity index (χ0v) is 14.9. The van der Waals surface area contributed by atoms with Gasteiger partial charge in [0.2, 0.25) is 11.8 Å². The number of nitrogens with one attached hydrogen (secondary N) is 1. The van der Waals surface area contributed by atoms with Crippen LogP contribution in [0.5, 0.6) is 0 Å². The van der Waals surface area contributed by atoms with Crippen molar-refractivity contribution in [3.8, 4) is 0 Å². The highest BCUT2D eigenvalue weighted by Gasteiger charge is 2.42. The van der Waals surface area contributed by atoms with Gasteiger partial charge in [-0.3, -0.25) is 9.59 Å². The normalized spacial score (nSPS) is 20.8. The molecule has 0 unspecified atom stereocenters. The highest BCUT2D eigenvalue weighted by molar-refractivity contribution is 7.99. The van der Waals surface area contributed by atoms with Crippen molar-refractivity contribution in [3.63, 3.8) is 0 Å². The van der Waals surface area contributed by atoms with Crippen LogP contribution in [0.3, 0.4) is 0 Å². The van der Waals surface area contributed by atoms with Gasteiger partial charge in [-0.15, -0.1) is 11.8 Å². The Morgan fingerprint density at radius 2 is 2.00 bits per heavy atom. The van der Waals surface area contributed by atoms with Crippen molar-refractivity contribution in [2.75, 3.05) is 12.3 Å². The molecule has 2 rings (SSSR count). The molecule has 1 aliphatic heterocycles. The third kappa shape index (κ3) is 4.28. The zero-order chi connectivity index (χ0) is 16.8. The van der Waals surface area contributed by atoms with Crippen LogP contribution in [-0.2, 0) is 9.59 Å². The van der Waals surface area contributed by atoms with E-state index in [9.17, 15) is 9.59 Å². The molecule has 23 heavy (non-hydrogen) atoms. The van der Waals surface area contributed by atoms with Crippen LogP contribution in [0.15, 0.2) is 30.3 Å². The topological polar surface area (TPSA) is 49.4 Å².